The molecule has 1 unspecified atom stereocenters. The van der Waals surface area contributed by atoms with Crippen LogP contribution in [-0.2, 0) is 16.6 Å². The monoisotopic (exact) mass is 241 g/mol. The van der Waals surface area contributed by atoms with E-state index < -0.39 is 10.0 Å². The van der Waals surface area contributed by atoms with Crippen molar-refractivity contribution in [1.82, 2.24) is 4.72 Å². The fourth-order valence-corrected chi connectivity index (χ4v) is 1.84. The molecule has 3 nitrogen and oxygen atoms in total. The van der Waals surface area contributed by atoms with Gasteiger partial charge in [0, 0.05) is 6.54 Å². The van der Waals surface area contributed by atoms with Crippen molar-refractivity contribution in [2.45, 2.75) is 32.7 Å². The van der Waals surface area contributed by atoms with Gasteiger partial charge in [0.2, 0.25) is 10.0 Å². The molecule has 0 saturated heterocycles. The fourth-order valence-electron chi connectivity index (χ4n) is 1.41. The van der Waals surface area contributed by atoms with Crippen molar-refractivity contribution in [1.29, 1.82) is 0 Å². The maximum atomic E-state index is 10.9. The Balaban J connectivity index is 2.65. The smallest absolute Gasteiger partial charge is 0.209 e. The molecular weight excluding hydrogens is 222 g/mol. The van der Waals surface area contributed by atoms with Crippen molar-refractivity contribution < 1.29 is 8.42 Å². The van der Waals surface area contributed by atoms with Crippen molar-refractivity contribution in [2.75, 3.05) is 6.26 Å². The summed E-state index contributed by atoms with van der Waals surface area (Å²) in [6, 6.07) is 8.07. The van der Waals surface area contributed by atoms with Gasteiger partial charge in [-0.05, 0) is 23.5 Å². The lowest BCUT2D eigenvalue weighted by Crippen LogP contribution is -2.21. The molecule has 1 aromatic rings. The fraction of sp³-hybridized carbons (Fsp3) is 0.500. The lowest BCUT2D eigenvalue weighted by atomic mass is 9.98. The van der Waals surface area contributed by atoms with Gasteiger partial charge in [0.1, 0.15) is 0 Å². The van der Waals surface area contributed by atoms with Crippen LogP contribution in [0.2, 0.25) is 0 Å². The molecule has 0 amide bonds. The number of benzene rings is 1. The van der Waals surface area contributed by atoms with Gasteiger partial charge in [-0.1, -0.05) is 38.1 Å². The molecule has 0 aliphatic heterocycles. The highest BCUT2D eigenvalue weighted by atomic mass is 32.2. The molecule has 1 rings (SSSR count). The quantitative estimate of drug-likeness (QED) is 0.859. The van der Waals surface area contributed by atoms with E-state index >= 15 is 0 Å². The first-order valence-electron chi connectivity index (χ1n) is 5.46. The van der Waals surface area contributed by atoms with E-state index in [1.807, 2.05) is 12.1 Å². The number of rotatable bonds is 5. The van der Waals surface area contributed by atoms with Crippen molar-refractivity contribution >= 4 is 10.0 Å². The van der Waals surface area contributed by atoms with Gasteiger partial charge in [0.25, 0.3) is 0 Å². The molecule has 0 aliphatic rings. The van der Waals surface area contributed by atoms with E-state index in [2.05, 4.69) is 30.7 Å². The van der Waals surface area contributed by atoms with E-state index in [9.17, 15) is 8.42 Å². The minimum Gasteiger partial charge on any atom is -0.213 e. The Morgan fingerprint density at radius 3 is 2.25 bits per heavy atom. The van der Waals surface area contributed by atoms with Gasteiger partial charge in [0.05, 0.1) is 6.26 Å². The molecule has 0 spiro atoms. The molecule has 16 heavy (non-hydrogen) atoms. The summed E-state index contributed by atoms with van der Waals surface area (Å²) >= 11 is 0. The maximum Gasteiger partial charge on any atom is 0.209 e. The van der Waals surface area contributed by atoms with Crippen LogP contribution < -0.4 is 4.72 Å². The van der Waals surface area contributed by atoms with Crippen LogP contribution in [0.25, 0.3) is 0 Å². The zero-order valence-corrected chi connectivity index (χ0v) is 10.8. The molecule has 0 fully saturated rings. The Morgan fingerprint density at radius 1 is 1.25 bits per heavy atom. The van der Waals surface area contributed by atoms with Crippen LogP contribution in [-0.4, -0.2) is 14.7 Å². The van der Waals surface area contributed by atoms with Crippen molar-refractivity contribution in [2.24, 2.45) is 0 Å². The van der Waals surface area contributed by atoms with Crippen molar-refractivity contribution in [3.8, 4) is 0 Å². The Morgan fingerprint density at radius 2 is 1.81 bits per heavy atom. The predicted molar refractivity (Wildman–Crippen MR) is 66.8 cm³/mol. The summed E-state index contributed by atoms with van der Waals surface area (Å²) in [5, 5.41) is 0. The van der Waals surface area contributed by atoms with E-state index in [1.54, 1.807) is 0 Å². The van der Waals surface area contributed by atoms with Crippen LogP contribution >= 0.6 is 0 Å². The van der Waals surface area contributed by atoms with Crippen LogP contribution in [0.5, 0.6) is 0 Å². The summed E-state index contributed by atoms with van der Waals surface area (Å²) < 4.78 is 24.3. The zero-order valence-electron chi connectivity index (χ0n) is 10.0. The highest BCUT2D eigenvalue weighted by Gasteiger charge is 2.04. The summed E-state index contributed by atoms with van der Waals surface area (Å²) in [7, 11) is -3.10. The lowest BCUT2D eigenvalue weighted by Gasteiger charge is -2.09. The first-order valence-corrected chi connectivity index (χ1v) is 7.35. The number of sulfonamides is 1. The third kappa shape index (κ3) is 4.33. The molecule has 0 radical (unpaired) electrons. The summed E-state index contributed by atoms with van der Waals surface area (Å²) in [5.74, 6) is 0.553. The Kier molecular flexibility index (Phi) is 4.50. The van der Waals surface area contributed by atoms with Crippen LogP contribution in [0.3, 0.4) is 0 Å². The third-order valence-electron chi connectivity index (χ3n) is 2.70. The molecule has 0 aromatic heterocycles. The Bertz CT molecular complexity index is 423. The molecular formula is C12H19NO2S. The van der Waals surface area contributed by atoms with Crippen LogP contribution in [0.15, 0.2) is 24.3 Å². The van der Waals surface area contributed by atoms with Crippen LogP contribution in [0.1, 0.15) is 37.3 Å². The molecule has 0 aliphatic carbocycles. The summed E-state index contributed by atoms with van der Waals surface area (Å²) in [4.78, 5) is 0. The highest BCUT2D eigenvalue weighted by molar-refractivity contribution is 7.88. The Hall–Kier alpha value is -0.870. The first-order chi connectivity index (χ1) is 7.42. The zero-order chi connectivity index (χ0) is 12.2. The first kappa shape index (κ1) is 13.2. The summed E-state index contributed by atoms with van der Waals surface area (Å²) in [6.07, 6.45) is 2.28. The molecule has 0 bridgehead atoms. The van der Waals surface area contributed by atoms with Crippen molar-refractivity contribution in [3.05, 3.63) is 35.4 Å². The van der Waals surface area contributed by atoms with Crippen molar-refractivity contribution in [3.63, 3.8) is 0 Å². The molecule has 1 atom stereocenters. The normalized spacial score (nSPS) is 13.7. The minimum atomic E-state index is -3.10. The van der Waals surface area contributed by atoms with Gasteiger partial charge in [-0.25, -0.2) is 13.1 Å². The minimum absolute atomic E-state index is 0.361. The molecule has 90 valence electrons. The molecule has 0 saturated carbocycles. The molecule has 1 N–H and O–H groups in total. The van der Waals surface area contributed by atoms with Gasteiger partial charge in [-0.15, -0.1) is 0 Å². The second-order valence-electron chi connectivity index (χ2n) is 4.14. The number of hydrogen-bond acceptors (Lipinski definition) is 2. The number of nitrogens with one attached hydrogen (secondary N) is 1. The standard InChI is InChI=1S/C12H19NO2S/c1-4-10(2)12-7-5-11(6-8-12)9-13-16(3,14)15/h5-8,10,13H,4,9H2,1-3H3. The van der Waals surface area contributed by atoms with Gasteiger partial charge in [-0.2, -0.15) is 0 Å². The van der Waals surface area contributed by atoms with E-state index in [4.69, 9.17) is 0 Å². The van der Waals surface area contributed by atoms with Gasteiger partial charge < -0.3 is 0 Å². The molecule has 0 heterocycles. The summed E-state index contributed by atoms with van der Waals surface area (Å²) in [6.45, 7) is 4.70. The van der Waals surface area contributed by atoms with Gasteiger partial charge in [0.15, 0.2) is 0 Å². The summed E-state index contributed by atoms with van der Waals surface area (Å²) in [5.41, 5.74) is 2.28. The van der Waals surface area contributed by atoms with Gasteiger partial charge in [-0.3, -0.25) is 0 Å². The topological polar surface area (TPSA) is 46.2 Å². The second-order valence-corrected chi connectivity index (χ2v) is 5.98. The van der Waals surface area contributed by atoms with Crippen LogP contribution in [0, 0.1) is 0 Å². The van der Waals surface area contributed by atoms with E-state index in [-0.39, 0.29) is 0 Å². The Labute approximate surface area is 97.9 Å². The molecule has 4 heteroatoms. The maximum absolute atomic E-state index is 10.9. The largest absolute Gasteiger partial charge is 0.213 e. The average molecular weight is 241 g/mol. The highest BCUT2D eigenvalue weighted by Crippen LogP contribution is 2.18. The van der Waals surface area contributed by atoms with E-state index in [1.165, 1.54) is 11.8 Å². The second kappa shape index (κ2) is 5.46. The average Bonchev–Trinajstić information content (AvgIpc) is 2.25. The van der Waals surface area contributed by atoms with E-state index in [0.29, 0.717) is 12.5 Å². The van der Waals surface area contributed by atoms with Crippen LogP contribution in [0.4, 0.5) is 0 Å². The third-order valence-corrected chi connectivity index (χ3v) is 3.37. The lowest BCUT2D eigenvalue weighted by molar-refractivity contribution is 0.587. The predicted octanol–water partition coefficient (Wildman–Crippen LogP) is 2.25. The van der Waals surface area contributed by atoms with Gasteiger partial charge >= 0.3 is 0 Å². The van der Waals surface area contributed by atoms with E-state index in [0.717, 1.165) is 12.0 Å². The molecule has 1 aromatic carbocycles. The SMILES string of the molecule is CCC(C)c1ccc(CNS(C)(=O)=O)cc1. The number of hydrogen-bond donors (Lipinski definition) is 1.